The van der Waals surface area contributed by atoms with Crippen LogP contribution in [-0.4, -0.2) is 16.2 Å². The summed E-state index contributed by atoms with van der Waals surface area (Å²) in [5.74, 6) is -0.593. The summed E-state index contributed by atoms with van der Waals surface area (Å²) in [6.07, 6.45) is 1.43. The summed E-state index contributed by atoms with van der Waals surface area (Å²) in [7, 11) is 0. The molecular weight excluding hydrogens is 248 g/mol. The standard InChI is InChI=1S/C10H11BrO3/c11-8-5-4-7(6-9(8)12)2-1-3-10(13)14/h4-6,12H,1-3H2,(H,13,14). The van der Waals surface area contributed by atoms with E-state index in [-0.39, 0.29) is 12.2 Å². The van der Waals surface area contributed by atoms with Gasteiger partial charge >= 0.3 is 5.97 Å². The van der Waals surface area contributed by atoms with Crippen LogP contribution in [0.25, 0.3) is 0 Å². The molecule has 2 N–H and O–H groups in total. The van der Waals surface area contributed by atoms with Crippen LogP contribution in [0.2, 0.25) is 0 Å². The van der Waals surface area contributed by atoms with E-state index in [0.29, 0.717) is 17.3 Å². The average Bonchev–Trinajstić information content (AvgIpc) is 2.10. The third kappa shape index (κ3) is 3.38. The maximum Gasteiger partial charge on any atom is 0.303 e. The highest BCUT2D eigenvalue weighted by Gasteiger charge is 2.01. The fraction of sp³-hybridized carbons (Fsp3) is 0.300. The fourth-order valence-corrected chi connectivity index (χ4v) is 1.40. The number of hydrogen-bond donors (Lipinski definition) is 2. The Morgan fingerprint density at radius 1 is 1.43 bits per heavy atom. The molecule has 0 fully saturated rings. The van der Waals surface area contributed by atoms with Gasteiger partial charge in [-0.05, 0) is 46.5 Å². The van der Waals surface area contributed by atoms with Gasteiger partial charge in [-0.3, -0.25) is 4.79 Å². The lowest BCUT2D eigenvalue weighted by Crippen LogP contribution is -1.95. The van der Waals surface area contributed by atoms with Crippen LogP contribution in [0.5, 0.6) is 5.75 Å². The quantitative estimate of drug-likeness (QED) is 0.873. The van der Waals surface area contributed by atoms with E-state index in [4.69, 9.17) is 5.11 Å². The molecule has 0 unspecified atom stereocenters. The first kappa shape index (κ1) is 11.0. The van der Waals surface area contributed by atoms with Crippen molar-refractivity contribution in [3.05, 3.63) is 28.2 Å². The van der Waals surface area contributed by atoms with E-state index in [1.54, 1.807) is 12.1 Å². The molecule has 1 rings (SSSR count). The Morgan fingerprint density at radius 2 is 2.14 bits per heavy atom. The SMILES string of the molecule is O=C(O)CCCc1ccc(Br)c(O)c1. The molecule has 4 heteroatoms. The molecule has 0 amide bonds. The first-order valence-corrected chi connectivity index (χ1v) is 5.08. The number of phenolic OH excluding ortho intramolecular Hbond substituents is 1. The molecule has 0 radical (unpaired) electrons. The summed E-state index contributed by atoms with van der Waals surface area (Å²) >= 11 is 3.18. The van der Waals surface area contributed by atoms with Gasteiger partial charge < -0.3 is 10.2 Å². The van der Waals surface area contributed by atoms with Gasteiger partial charge in [-0.25, -0.2) is 0 Å². The molecule has 0 atom stereocenters. The van der Waals surface area contributed by atoms with Crippen LogP contribution in [0.15, 0.2) is 22.7 Å². The Bertz CT molecular complexity index is 336. The highest BCUT2D eigenvalue weighted by atomic mass is 79.9. The van der Waals surface area contributed by atoms with Gasteiger partial charge in [0.15, 0.2) is 0 Å². The smallest absolute Gasteiger partial charge is 0.303 e. The van der Waals surface area contributed by atoms with Gasteiger partial charge in [-0.1, -0.05) is 6.07 Å². The number of aliphatic carboxylic acids is 1. The number of rotatable bonds is 4. The number of carboxylic acid groups (broad SMARTS) is 1. The van der Waals surface area contributed by atoms with E-state index in [1.807, 2.05) is 6.07 Å². The Morgan fingerprint density at radius 3 is 2.71 bits per heavy atom. The van der Waals surface area contributed by atoms with Crippen molar-refractivity contribution in [1.82, 2.24) is 0 Å². The number of hydrogen-bond acceptors (Lipinski definition) is 2. The number of halogens is 1. The van der Waals surface area contributed by atoms with E-state index >= 15 is 0 Å². The van der Waals surface area contributed by atoms with Crippen molar-refractivity contribution in [2.45, 2.75) is 19.3 Å². The van der Waals surface area contributed by atoms with E-state index in [2.05, 4.69) is 15.9 Å². The van der Waals surface area contributed by atoms with Crippen molar-refractivity contribution in [3.8, 4) is 5.75 Å². The van der Waals surface area contributed by atoms with Crippen molar-refractivity contribution in [2.24, 2.45) is 0 Å². The van der Waals surface area contributed by atoms with Crippen LogP contribution < -0.4 is 0 Å². The summed E-state index contributed by atoms with van der Waals surface area (Å²) < 4.78 is 0.652. The molecule has 14 heavy (non-hydrogen) atoms. The monoisotopic (exact) mass is 258 g/mol. The molecule has 0 aliphatic carbocycles. The molecule has 1 aromatic carbocycles. The van der Waals surface area contributed by atoms with Gasteiger partial charge in [0.25, 0.3) is 0 Å². The zero-order valence-electron chi connectivity index (χ0n) is 7.53. The van der Waals surface area contributed by atoms with Crippen LogP contribution >= 0.6 is 15.9 Å². The van der Waals surface area contributed by atoms with E-state index < -0.39 is 5.97 Å². The van der Waals surface area contributed by atoms with E-state index in [1.165, 1.54) is 0 Å². The lowest BCUT2D eigenvalue weighted by molar-refractivity contribution is -0.137. The molecule has 0 bridgehead atoms. The zero-order valence-corrected chi connectivity index (χ0v) is 9.12. The Labute approximate surface area is 90.5 Å². The molecule has 0 aromatic heterocycles. The summed E-state index contributed by atoms with van der Waals surface area (Å²) in [5.41, 5.74) is 0.951. The van der Waals surface area contributed by atoms with Gasteiger partial charge in [-0.2, -0.15) is 0 Å². The molecule has 1 aromatic rings. The molecule has 0 aliphatic heterocycles. The topological polar surface area (TPSA) is 57.5 Å². The van der Waals surface area contributed by atoms with Gasteiger partial charge in [0.1, 0.15) is 5.75 Å². The summed E-state index contributed by atoms with van der Waals surface area (Å²) in [6, 6.07) is 5.27. The lowest BCUT2D eigenvalue weighted by Gasteiger charge is -2.02. The average molecular weight is 259 g/mol. The summed E-state index contributed by atoms with van der Waals surface area (Å²) in [5, 5.41) is 17.8. The highest BCUT2D eigenvalue weighted by Crippen LogP contribution is 2.24. The number of carboxylic acids is 1. The minimum absolute atomic E-state index is 0.164. The number of aromatic hydroxyl groups is 1. The second-order valence-corrected chi connectivity index (χ2v) is 3.89. The highest BCUT2D eigenvalue weighted by molar-refractivity contribution is 9.10. The molecule has 0 aliphatic rings. The van der Waals surface area contributed by atoms with Crippen LogP contribution in [0.1, 0.15) is 18.4 Å². The van der Waals surface area contributed by atoms with Crippen LogP contribution in [0.4, 0.5) is 0 Å². The number of phenols is 1. The Hall–Kier alpha value is -1.03. The molecule has 0 saturated carbocycles. The predicted octanol–water partition coefficient (Wildman–Crippen LogP) is 2.56. The second kappa shape index (κ2) is 5.00. The fourth-order valence-electron chi connectivity index (χ4n) is 1.16. The first-order valence-electron chi connectivity index (χ1n) is 4.29. The van der Waals surface area contributed by atoms with Gasteiger partial charge in [0.2, 0.25) is 0 Å². The third-order valence-corrected chi connectivity index (χ3v) is 2.54. The molecule has 0 saturated heterocycles. The van der Waals surface area contributed by atoms with Crippen molar-refractivity contribution in [1.29, 1.82) is 0 Å². The zero-order chi connectivity index (χ0) is 10.6. The van der Waals surface area contributed by atoms with Crippen molar-refractivity contribution < 1.29 is 15.0 Å². The second-order valence-electron chi connectivity index (χ2n) is 3.03. The molecule has 76 valence electrons. The number of carbonyl (C=O) groups is 1. The van der Waals surface area contributed by atoms with Gasteiger partial charge in [0, 0.05) is 6.42 Å². The molecular formula is C10H11BrO3. The summed E-state index contributed by atoms with van der Waals surface area (Å²) in [6.45, 7) is 0. The lowest BCUT2D eigenvalue weighted by atomic mass is 10.1. The molecule has 3 nitrogen and oxygen atoms in total. The Kier molecular flexibility index (Phi) is 3.95. The van der Waals surface area contributed by atoms with Crippen LogP contribution in [0, 0.1) is 0 Å². The van der Waals surface area contributed by atoms with E-state index in [0.717, 1.165) is 5.56 Å². The largest absolute Gasteiger partial charge is 0.507 e. The van der Waals surface area contributed by atoms with E-state index in [9.17, 15) is 9.90 Å². The van der Waals surface area contributed by atoms with Crippen molar-refractivity contribution >= 4 is 21.9 Å². The van der Waals surface area contributed by atoms with Crippen molar-refractivity contribution in [2.75, 3.05) is 0 Å². The van der Waals surface area contributed by atoms with Crippen LogP contribution in [0.3, 0.4) is 0 Å². The Balaban J connectivity index is 2.51. The van der Waals surface area contributed by atoms with Crippen LogP contribution in [-0.2, 0) is 11.2 Å². The number of aryl methyl sites for hydroxylation is 1. The normalized spacial score (nSPS) is 10.1. The van der Waals surface area contributed by atoms with Crippen molar-refractivity contribution in [3.63, 3.8) is 0 Å². The maximum absolute atomic E-state index is 10.3. The number of benzene rings is 1. The first-order chi connectivity index (χ1) is 6.59. The molecule has 0 spiro atoms. The third-order valence-electron chi connectivity index (χ3n) is 1.87. The minimum Gasteiger partial charge on any atom is -0.507 e. The predicted molar refractivity (Wildman–Crippen MR) is 56.4 cm³/mol. The van der Waals surface area contributed by atoms with Gasteiger partial charge in [-0.15, -0.1) is 0 Å². The minimum atomic E-state index is -0.786. The molecule has 0 heterocycles. The van der Waals surface area contributed by atoms with Gasteiger partial charge in [0.05, 0.1) is 4.47 Å². The maximum atomic E-state index is 10.3. The summed E-state index contributed by atoms with van der Waals surface area (Å²) in [4.78, 5) is 10.3.